The topological polar surface area (TPSA) is 0 Å². The summed E-state index contributed by atoms with van der Waals surface area (Å²) in [7, 11) is 0. The van der Waals surface area contributed by atoms with Crippen LogP contribution in [0.4, 0.5) is 0 Å². The van der Waals surface area contributed by atoms with Gasteiger partial charge in [0, 0.05) is 0 Å². The zero-order valence-corrected chi connectivity index (χ0v) is 11.3. The van der Waals surface area contributed by atoms with Crippen molar-refractivity contribution < 1.29 is 0 Å². The van der Waals surface area contributed by atoms with Gasteiger partial charge in [-0.2, -0.15) is 0 Å². The molecule has 0 N–H and O–H groups in total. The van der Waals surface area contributed by atoms with Crippen LogP contribution in [0.1, 0.15) is 24.8 Å². The molecule has 1 rings (SSSR count). The van der Waals surface area contributed by atoms with Gasteiger partial charge in [-0.3, -0.25) is 0 Å². The summed E-state index contributed by atoms with van der Waals surface area (Å²) >= 11 is 17.8. The third-order valence-electron chi connectivity index (χ3n) is 2.24. The molecule has 0 heterocycles. The van der Waals surface area contributed by atoms with Gasteiger partial charge in [-0.05, 0) is 23.9 Å². The molecule has 4 heteroatoms. The van der Waals surface area contributed by atoms with Crippen LogP contribution in [-0.2, 0) is 0 Å². The molecule has 1 aromatic rings. The first kappa shape index (κ1) is 12.4. The molecule has 0 fully saturated rings. The van der Waals surface area contributed by atoms with E-state index in [0.717, 1.165) is 6.42 Å². The monoisotopic (exact) mass is 266 g/mol. The summed E-state index contributed by atoms with van der Waals surface area (Å²) in [5.41, 5.74) is 1.27. The van der Waals surface area contributed by atoms with Crippen molar-refractivity contribution in [2.75, 3.05) is 0 Å². The van der Waals surface area contributed by atoms with Crippen LogP contribution >= 0.6 is 33.2 Å². The van der Waals surface area contributed by atoms with Crippen molar-refractivity contribution in [1.82, 2.24) is 0 Å². The summed E-state index contributed by atoms with van der Waals surface area (Å²) in [5, 5.41) is 0. The van der Waals surface area contributed by atoms with Crippen LogP contribution in [0, 0.1) is 0 Å². The quantitative estimate of drug-likeness (QED) is 0.541. The number of hydrogen-bond acceptors (Lipinski definition) is 0. The van der Waals surface area contributed by atoms with Crippen molar-refractivity contribution in [1.29, 1.82) is 0 Å². The Hall–Kier alpha value is 0.307. The van der Waals surface area contributed by atoms with Gasteiger partial charge in [-0.15, -0.1) is 33.2 Å². The lowest BCUT2D eigenvalue weighted by Crippen LogP contribution is -2.14. The molecule has 0 aliphatic carbocycles. The van der Waals surface area contributed by atoms with Crippen LogP contribution in [0.5, 0.6) is 0 Å². The van der Waals surface area contributed by atoms with Crippen LogP contribution in [0.2, 0.25) is 6.04 Å². The Balaban J connectivity index is 2.73. The van der Waals surface area contributed by atoms with Gasteiger partial charge in [0.2, 0.25) is 0 Å². The molecule has 0 saturated heterocycles. The summed E-state index contributed by atoms with van der Waals surface area (Å²) in [6.07, 6.45) is 1.02. The van der Waals surface area contributed by atoms with Crippen LogP contribution in [0.15, 0.2) is 30.3 Å². The fourth-order valence-electron chi connectivity index (χ4n) is 1.50. The third kappa shape index (κ3) is 4.22. The van der Waals surface area contributed by atoms with E-state index in [1.807, 2.05) is 18.2 Å². The summed E-state index contributed by atoms with van der Waals surface area (Å²) in [5.74, 6) is 0.385. The Bertz CT molecular complexity index is 268. The van der Waals surface area contributed by atoms with Crippen LogP contribution in [0.25, 0.3) is 0 Å². The van der Waals surface area contributed by atoms with Gasteiger partial charge in [0.25, 0.3) is 0 Å². The van der Waals surface area contributed by atoms with Crippen molar-refractivity contribution in [3.63, 3.8) is 0 Å². The lowest BCUT2D eigenvalue weighted by atomic mass is 9.99. The van der Waals surface area contributed by atoms with Gasteiger partial charge in [0.15, 0.2) is 0 Å². The lowest BCUT2D eigenvalue weighted by molar-refractivity contribution is 0.729. The van der Waals surface area contributed by atoms with Crippen molar-refractivity contribution >= 4 is 39.2 Å². The second kappa shape index (κ2) is 5.41. The van der Waals surface area contributed by atoms with E-state index in [-0.39, 0.29) is 0 Å². The van der Waals surface area contributed by atoms with E-state index in [0.29, 0.717) is 12.0 Å². The first-order valence-corrected chi connectivity index (χ1v) is 9.89. The molecule has 14 heavy (non-hydrogen) atoms. The molecule has 1 atom stereocenters. The van der Waals surface area contributed by atoms with Gasteiger partial charge in [-0.1, -0.05) is 37.3 Å². The Morgan fingerprint density at radius 2 is 1.71 bits per heavy atom. The molecule has 0 spiro atoms. The van der Waals surface area contributed by atoms with E-state index in [2.05, 4.69) is 19.1 Å². The van der Waals surface area contributed by atoms with E-state index in [4.69, 9.17) is 33.2 Å². The third-order valence-corrected chi connectivity index (χ3v) is 4.59. The normalized spacial score (nSPS) is 14.0. The highest BCUT2D eigenvalue weighted by Gasteiger charge is 2.29. The van der Waals surface area contributed by atoms with Gasteiger partial charge >= 0.3 is 6.00 Å². The molecule has 0 aromatic heterocycles. The smallest absolute Gasteiger partial charge is 0.126 e. The molecular weight excluding hydrogens is 255 g/mol. The minimum atomic E-state index is -2.51. The van der Waals surface area contributed by atoms with Crippen molar-refractivity contribution in [2.24, 2.45) is 0 Å². The van der Waals surface area contributed by atoms with Gasteiger partial charge in [0.05, 0.1) is 0 Å². The SMILES string of the molecule is CCC(C[Si](Cl)(Cl)Cl)c1ccccc1. The van der Waals surface area contributed by atoms with Gasteiger partial charge in [-0.25, -0.2) is 0 Å². The van der Waals surface area contributed by atoms with Gasteiger partial charge < -0.3 is 0 Å². The minimum Gasteiger partial charge on any atom is -0.126 e. The first-order chi connectivity index (χ1) is 6.53. The summed E-state index contributed by atoms with van der Waals surface area (Å²) in [4.78, 5) is 0. The van der Waals surface area contributed by atoms with E-state index < -0.39 is 6.00 Å². The van der Waals surface area contributed by atoms with Crippen LogP contribution in [-0.4, -0.2) is 6.00 Å². The Kier molecular flexibility index (Phi) is 4.78. The van der Waals surface area contributed by atoms with Crippen molar-refractivity contribution in [3.8, 4) is 0 Å². The standard InChI is InChI=1S/C10H13Cl3Si/c1-2-9(8-14(11,12)13)10-6-4-3-5-7-10/h3-7,9H,2,8H2,1H3. The summed E-state index contributed by atoms with van der Waals surface area (Å²) in [6, 6.07) is 8.45. The molecule has 0 saturated carbocycles. The van der Waals surface area contributed by atoms with E-state index in [1.165, 1.54) is 5.56 Å². The number of halogens is 3. The molecule has 0 amide bonds. The molecule has 0 nitrogen and oxygen atoms in total. The fourth-order valence-corrected chi connectivity index (χ4v) is 4.26. The Labute approximate surface area is 100 Å². The largest absolute Gasteiger partial charge is 0.342 e. The zero-order valence-electron chi connectivity index (χ0n) is 8.01. The zero-order chi connectivity index (χ0) is 10.6. The number of rotatable bonds is 4. The predicted molar refractivity (Wildman–Crippen MR) is 67.6 cm³/mol. The van der Waals surface area contributed by atoms with Crippen molar-refractivity contribution in [2.45, 2.75) is 25.3 Å². The molecule has 1 unspecified atom stereocenters. The maximum absolute atomic E-state index is 5.93. The molecular formula is C10H13Cl3Si. The number of benzene rings is 1. The highest BCUT2D eigenvalue weighted by Crippen LogP contribution is 2.35. The highest BCUT2D eigenvalue weighted by molar-refractivity contribution is 7.64. The molecule has 1 aromatic carbocycles. The lowest BCUT2D eigenvalue weighted by Gasteiger charge is -2.18. The van der Waals surface area contributed by atoms with Crippen molar-refractivity contribution in [3.05, 3.63) is 35.9 Å². The van der Waals surface area contributed by atoms with Crippen LogP contribution in [0.3, 0.4) is 0 Å². The van der Waals surface area contributed by atoms with E-state index >= 15 is 0 Å². The molecule has 0 radical (unpaired) electrons. The molecule has 78 valence electrons. The molecule has 0 aliphatic rings. The second-order valence-electron chi connectivity index (χ2n) is 3.34. The minimum absolute atomic E-state index is 0.385. The summed E-state index contributed by atoms with van der Waals surface area (Å²) in [6.45, 7) is 2.13. The maximum Gasteiger partial charge on any atom is 0.342 e. The average Bonchev–Trinajstić information content (AvgIpc) is 2.14. The Morgan fingerprint density at radius 1 is 1.14 bits per heavy atom. The van der Waals surface area contributed by atoms with Gasteiger partial charge in [0.1, 0.15) is 0 Å². The van der Waals surface area contributed by atoms with E-state index in [9.17, 15) is 0 Å². The fraction of sp³-hybridized carbons (Fsp3) is 0.400. The average molecular weight is 268 g/mol. The Morgan fingerprint density at radius 3 is 2.14 bits per heavy atom. The first-order valence-electron chi connectivity index (χ1n) is 4.64. The van der Waals surface area contributed by atoms with E-state index in [1.54, 1.807) is 0 Å². The maximum atomic E-state index is 5.93. The highest BCUT2D eigenvalue weighted by atomic mass is 35.8. The second-order valence-corrected chi connectivity index (χ2v) is 12.5. The molecule has 0 aliphatic heterocycles. The molecule has 0 bridgehead atoms. The van der Waals surface area contributed by atoms with Crippen LogP contribution < -0.4 is 0 Å². The number of hydrogen-bond donors (Lipinski definition) is 0. The summed E-state index contributed by atoms with van der Waals surface area (Å²) < 4.78 is 0. The predicted octanol–water partition coefficient (Wildman–Crippen LogP) is 4.84.